The maximum Gasteiger partial charge on any atom is 0.655 e. The number of nitrogens with zero attached hydrogens (tertiary/aromatic N) is 3. The highest BCUT2D eigenvalue weighted by atomic mass is 19.3. The van der Waals surface area contributed by atoms with Crippen molar-refractivity contribution in [3.8, 4) is 0 Å². The normalized spacial score (nSPS) is 29.4. The van der Waals surface area contributed by atoms with Crippen LogP contribution in [-0.2, 0) is 28.2 Å². The first kappa shape index (κ1) is 27.7. The first-order chi connectivity index (χ1) is 15.8. The molecule has 0 radical (unpaired) electrons. The topological polar surface area (TPSA) is 65.1 Å². The second-order valence-corrected chi connectivity index (χ2v) is 7.28. The van der Waals surface area contributed by atoms with E-state index >= 15 is 0 Å². The summed E-state index contributed by atoms with van der Waals surface area (Å²) in [5.41, 5.74) is 0. The Hall–Kier alpha value is -0.925. The van der Waals surface area contributed by atoms with E-state index in [1.165, 1.54) is 0 Å². The molecule has 3 heterocycles. The van der Waals surface area contributed by atoms with Gasteiger partial charge in [0.2, 0.25) is 19.1 Å². The third-order valence-electron chi connectivity index (χ3n) is 4.89. The molecule has 3 rings (SSSR count). The van der Waals surface area contributed by atoms with Gasteiger partial charge in [-0.3, -0.25) is 0 Å². The zero-order chi connectivity index (χ0) is 25.1. The average Bonchev–Trinajstić information content (AvgIpc) is 2.73. The van der Waals surface area contributed by atoms with Crippen LogP contribution in [0.1, 0.15) is 0 Å². The summed E-state index contributed by atoms with van der Waals surface area (Å²) >= 11 is 0. The molecule has 0 spiro atoms. The maximum absolute atomic E-state index is 14.5. The Morgan fingerprint density at radius 1 is 0.559 bits per heavy atom. The molecule has 0 aromatic rings. The van der Waals surface area contributed by atoms with Crippen LogP contribution in [-0.4, -0.2) is 119 Å². The molecule has 0 bridgehead atoms. The zero-order valence-corrected chi connectivity index (χ0v) is 17.4. The Balaban J connectivity index is 1.77. The molecule has 0 amide bonds. The third kappa shape index (κ3) is 7.29. The van der Waals surface area contributed by atoms with Gasteiger partial charge in [0.15, 0.2) is 0 Å². The molecule has 3 atom stereocenters. The molecule has 0 aromatic carbocycles. The van der Waals surface area contributed by atoms with Gasteiger partial charge in [0.1, 0.15) is 0 Å². The zero-order valence-electron chi connectivity index (χ0n) is 17.4. The molecule has 9 nitrogen and oxygen atoms in total. The Morgan fingerprint density at radius 2 is 0.824 bits per heavy atom. The van der Waals surface area contributed by atoms with Crippen LogP contribution in [0.25, 0.3) is 0 Å². The van der Waals surface area contributed by atoms with E-state index in [9.17, 15) is 39.5 Å². The van der Waals surface area contributed by atoms with E-state index in [2.05, 4.69) is 28.2 Å². The Kier molecular flexibility index (Phi) is 8.94. The maximum atomic E-state index is 14.5. The minimum Gasteiger partial charge on any atom is -0.346 e. The van der Waals surface area contributed by atoms with E-state index in [1.807, 2.05) is 0 Å². The number of alkyl halides is 9. The van der Waals surface area contributed by atoms with E-state index in [0.717, 1.165) is 0 Å². The monoisotopic (exact) mass is 521 g/mol. The first-order valence-electron chi connectivity index (χ1n) is 9.97. The molecular weight excluding hydrogens is 500 g/mol. The molecule has 34 heavy (non-hydrogen) atoms. The summed E-state index contributed by atoms with van der Waals surface area (Å²) in [6, 6.07) is 0. The van der Waals surface area contributed by atoms with E-state index in [0.29, 0.717) is 0 Å². The van der Waals surface area contributed by atoms with Gasteiger partial charge in [-0.25, -0.2) is 27.9 Å². The largest absolute Gasteiger partial charge is 0.655 e. The molecular formula is C15H21BF9N3O6. The van der Waals surface area contributed by atoms with Crippen molar-refractivity contribution in [1.29, 1.82) is 0 Å². The van der Waals surface area contributed by atoms with E-state index in [-0.39, 0.29) is 14.7 Å². The SMILES string of the molecule is FC1CN(C(F)(F)OB(OC(F)(F)N2CCOC(F)C2)OC(F)(F)N2CCOC(F)C2)CCO1. The van der Waals surface area contributed by atoms with Crippen molar-refractivity contribution in [1.82, 2.24) is 14.7 Å². The molecule has 198 valence electrons. The van der Waals surface area contributed by atoms with Crippen LogP contribution in [0.5, 0.6) is 0 Å². The molecule has 0 N–H and O–H groups in total. The van der Waals surface area contributed by atoms with Gasteiger partial charge < -0.3 is 28.2 Å². The second kappa shape index (κ2) is 11.0. The van der Waals surface area contributed by atoms with Gasteiger partial charge in [-0.2, -0.15) is 26.3 Å². The lowest BCUT2D eigenvalue weighted by atomic mass is 10.2. The van der Waals surface area contributed by atoms with Crippen LogP contribution < -0.4 is 0 Å². The van der Waals surface area contributed by atoms with Crippen LogP contribution >= 0.6 is 0 Å². The number of rotatable bonds is 9. The highest BCUT2D eigenvalue weighted by Gasteiger charge is 2.56. The van der Waals surface area contributed by atoms with Gasteiger partial charge in [0.25, 0.3) is 0 Å². The summed E-state index contributed by atoms with van der Waals surface area (Å²) in [6.45, 7) is -6.89. The number of halogens is 9. The quantitative estimate of drug-likeness (QED) is 0.256. The van der Waals surface area contributed by atoms with Crippen LogP contribution in [0.3, 0.4) is 0 Å². The number of morpholine rings is 3. The summed E-state index contributed by atoms with van der Waals surface area (Å²) in [6.07, 6.45) is -20.5. The third-order valence-corrected chi connectivity index (χ3v) is 4.89. The number of ether oxygens (including phenoxy) is 3. The number of hydrogen-bond acceptors (Lipinski definition) is 9. The Morgan fingerprint density at radius 3 is 1.06 bits per heavy atom. The molecule has 0 aromatic heterocycles. The fourth-order valence-electron chi connectivity index (χ4n) is 3.18. The van der Waals surface area contributed by atoms with Crippen molar-refractivity contribution in [3.05, 3.63) is 0 Å². The highest BCUT2D eigenvalue weighted by molar-refractivity contribution is 6.36. The van der Waals surface area contributed by atoms with Crippen molar-refractivity contribution in [2.75, 3.05) is 59.1 Å². The molecule has 19 heteroatoms. The standard InChI is InChI=1S/C15H21BF9N3O6/c17-10-7-26(1-4-29-10)13(20,21)32-16(33-14(22,23)27-2-5-30-11(18)8-27)34-15(24,25)28-3-6-31-12(19)9-28/h10-12H,1-9H2. The molecule has 0 saturated carbocycles. The summed E-state index contributed by atoms with van der Waals surface area (Å²) in [7, 11) is -3.48. The average molecular weight is 521 g/mol. The molecule has 3 saturated heterocycles. The minimum absolute atomic E-state index is 0.0180. The van der Waals surface area contributed by atoms with Gasteiger partial charge in [0.05, 0.1) is 39.5 Å². The van der Waals surface area contributed by atoms with E-state index in [4.69, 9.17) is 0 Å². The van der Waals surface area contributed by atoms with Gasteiger partial charge in [-0.05, 0) is 0 Å². The van der Waals surface area contributed by atoms with Crippen LogP contribution in [0.2, 0.25) is 0 Å². The fourth-order valence-corrected chi connectivity index (χ4v) is 3.18. The summed E-state index contributed by atoms with van der Waals surface area (Å²) < 4.78 is 153. The predicted molar refractivity (Wildman–Crippen MR) is 91.1 cm³/mol. The van der Waals surface area contributed by atoms with Crippen molar-refractivity contribution < 1.29 is 67.7 Å². The Bertz CT molecular complexity index is 590. The van der Waals surface area contributed by atoms with Gasteiger partial charge >= 0.3 is 26.0 Å². The summed E-state index contributed by atoms with van der Waals surface area (Å²) in [5.74, 6) is 0. The minimum atomic E-state index is -4.65. The van der Waals surface area contributed by atoms with Crippen LogP contribution in [0.4, 0.5) is 39.5 Å². The molecule has 3 fully saturated rings. The van der Waals surface area contributed by atoms with Crippen molar-refractivity contribution in [2.24, 2.45) is 0 Å². The fraction of sp³-hybridized carbons (Fsp3) is 1.00. The lowest BCUT2D eigenvalue weighted by Gasteiger charge is -2.39. The highest BCUT2D eigenvalue weighted by Crippen LogP contribution is 2.33. The van der Waals surface area contributed by atoms with Crippen molar-refractivity contribution in [3.63, 3.8) is 0 Å². The smallest absolute Gasteiger partial charge is 0.346 e. The van der Waals surface area contributed by atoms with Gasteiger partial charge in [-0.1, -0.05) is 0 Å². The van der Waals surface area contributed by atoms with E-state index < -0.39 is 104 Å². The summed E-state index contributed by atoms with van der Waals surface area (Å²) in [4.78, 5) is -0.0541. The lowest BCUT2D eigenvalue weighted by Crippen LogP contribution is -2.60. The Labute approximate surface area is 187 Å². The lowest BCUT2D eigenvalue weighted by molar-refractivity contribution is -0.372. The van der Waals surface area contributed by atoms with Crippen molar-refractivity contribution in [2.45, 2.75) is 37.8 Å². The first-order valence-corrected chi connectivity index (χ1v) is 9.97. The molecule has 3 aliphatic rings. The van der Waals surface area contributed by atoms with Gasteiger partial charge in [0, 0.05) is 19.6 Å². The second-order valence-electron chi connectivity index (χ2n) is 7.28. The molecule has 3 aliphatic heterocycles. The van der Waals surface area contributed by atoms with E-state index in [1.54, 1.807) is 0 Å². The predicted octanol–water partition coefficient (Wildman–Crippen LogP) is 1.56. The molecule has 3 unspecified atom stereocenters. The summed E-state index contributed by atoms with van der Waals surface area (Å²) in [5, 5.41) is 0. The van der Waals surface area contributed by atoms with Crippen LogP contribution in [0.15, 0.2) is 0 Å². The van der Waals surface area contributed by atoms with Crippen LogP contribution in [0, 0.1) is 0 Å². The van der Waals surface area contributed by atoms with Gasteiger partial charge in [-0.15, -0.1) is 0 Å². The van der Waals surface area contributed by atoms with Crippen molar-refractivity contribution >= 4 is 7.32 Å². The molecule has 0 aliphatic carbocycles. The number of hydrogen-bond donors (Lipinski definition) is 0.